The standard InChI is InChI=1S/C18H19F3N2O3S/c19-18(20,21)12-26-14-5-1-4-13(10-14)11-23-16(24)7-2-8-22-17(25)15-6-3-9-27-15/h1,3-6,9-10H,2,7-8,11-12H2,(H,22,25)(H,23,24). The van der Waals surface area contributed by atoms with Gasteiger partial charge in [0.1, 0.15) is 5.75 Å². The first-order valence-corrected chi connectivity index (χ1v) is 9.08. The predicted molar refractivity (Wildman–Crippen MR) is 95.7 cm³/mol. The summed E-state index contributed by atoms with van der Waals surface area (Å²) in [5.41, 5.74) is 0.633. The van der Waals surface area contributed by atoms with Crippen molar-refractivity contribution in [1.82, 2.24) is 10.6 Å². The van der Waals surface area contributed by atoms with Crippen LogP contribution in [0.3, 0.4) is 0 Å². The molecule has 1 aromatic carbocycles. The zero-order valence-electron chi connectivity index (χ0n) is 14.3. The van der Waals surface area contributed by atoms with E-state index in [1.54, 1.807) is 24.3 Å². The van der Waals surface area contributed by atoms with E-state index in [0.29, 0.717) is 23.4 Å². The number of carbonyl (C=O) groups is 2. The number of hydrogen-bond donors (Lipinski definition) is 2. The molecule has 9 heteroatoms. The fraction of sp³-hybridized carbons (Fsp3) is 0.333. The van der Waals surface area contributed by atoms with Crippen molar-refractivity contribution >= 4 is 23.2 Å². The molecule has 0 atom stereocenters. The fourth-order valence-corrected chi connectivity index (χ4v) is 2.79. The fourth-order valence-electron chi connectivity index (χ4n) is 2.15. The first-order valence-electron chi connectivity index (χ1n) is 8.20. The van der Waals surface area contributed by atoms with Crippen molar-refractivity contribution in [2.24, 2.45) is 0 Å². The minimum Gasteiger partial charge on any atom is -0.484 e. The summed E-state index contributed by atoms with van der Waals surface area (Å²) in [6.45, 7) is -0.797. The van der Waals surface area contributed by atoms with E-state index < -0.39 is 12.8 Å². The molecule has 0 aliphatic carbocycles. The molecular weight excluding hydrogens is 381 g/mol. The highest BCUT2D eigenvalue weighted by atomic mass is 32.1. The van der Waals surface area contributed by atoms with Crippen molar-refractivity contribution in [1.29, 1.82) is 0 Å². The molecule has 2 N–H and O–H groups in total. The molecule has 0 bridgehead atoms. The van der Waals surface area contributed by atoms with Crippen LogP contribution in [0.4, 0.5) is 13.2 Å². The van der Waals surface area contributed by atoms with Crippen molar-refractivity contribution in [2.45, 2.75) is 25.6 Å². The van der Waals surface area contributed by atoms with E-state index in [1.165, 1.54) is 23.5 Å². The molecule has 1 heterocycles. The van der Waals surface area contributed by atoms with Gasteiger partial charge in [0, 0.05) is 19.5 Å². The number of rotatable bonds is 9. The number of amides is 2. The highest BCUT2D eigenvalue weighted by Crippen LogP contribution is 2.19. The summed E-state index contributed by atoms with van der Waals surface area (Å²) in [5, 5.41) is 7.23. The van der Waals surface area contributed by atoms with Gasteiger partial charge in [-0.25, -0.2) is 0 Å². The summed E-state index contributed by atoms with van der Waals surface area (Å²) in [5.74, 6) is -0.279. The van der Waals surface area contributed by atoms with Crippen LogP contribution < -0.4 is 15.4 Å². The summed E-state index contributed by atoms with van der Waals surface area (Å²) in [7, 11) is 0. The number of hydrogen-bond acceptors (Lipinski definition) is 4. The highest BCUT2D eigenvalue weighted by Gasteiger charge is 2.28. The van der Waals surface area contributed by atoms with Gasteiger partial charge in [0.2, 0.25) is 5.91 Å². The van der Waals surface area contributed by atoms with Gasteiger partial charge in [0.05, 0.1) is 4.88 Å². The Bertz CT molecular complexity index is 749. The van der Waals surface area contributed by atoms with E-state index in [9.17, 15) is 22.8 Å². The normalized spacial score (nSPS) is 11.1. The molecule has 2 rings (SSSR count). The van der Waals surface area contributed by atoms with Gasteiger partial charge in [0.25, 0.3) is 5.91 Å². The third-order valence-corrected chi connectivity index (χ3v) is 4.27. The summed E-state index contributed by atoms with van der Waals surface area (Å²) >= 11 is 1.34. The van der Waals surface area contributed by atoms with Crippen LogP contribution in [0.15, 0.2) is 41.8 Å². The molecule has 27 heavy (non-hydrogen) atoms. The maximum Gasteiger partial charge on any atom is 0.422 e. The molecule has 2 aromatic rings. The Morgan fingerprint density at radius 3 is 2.63 bits per heavy atom. The van der Waals surface area contributed by atoms with Gasteiger partial charge in [-0.05, 0) is 35.6 Å². The molecule has 0 saturated carbocycles. The van der Waals surface area contributed by atoms with Crippen LogP contribution in [0.1, 0.15) is 28.1 Å². The highest BCUT2D eigenvalue weighted by molar-refractivity contribution is 7.12. The minimum absolute atomic E-state index is 0.0929. The molecular formula is C18H19F3N2O3S. The second-order valence-corrected chi connectivity index (χ2v) is 6.61. The van der Waals surface area contributed by atoms with E-state index in [0.717, 1.165) is 0 Å². The first kappa shape index (κ1) is 20.8. The molecule has 0 fully saturated rings. The Labute approximate surface area is 158 Å². The smallest absolute Gasteiger partial charge is 0.422 e. The number of benzene rings is 1. The Kier molecular flexibility index (Phi) is 7.66. The second kappa shape index (κ2) is 9.96. The molecule has 146 valence electrons. The lowest BCUT2D eigenvalue weighted by Crippen LogP contribution is -2.27. The zero-order chi connectivity index (χ0) is 19.7. The van der Waals surface area contributed by atoms with Crippen molar-refractivity contribution in [3.63, 3.8) is 0 Å². The topological polar surface area (TPSA) is 67.4 Å². The first-order chi connectivity index (χ1) is 12.8. The molecule has 1 aromatic heterocycles. The Hall–Kier alpha value is -2.55. The molecule has 0 aliphatic rings. The van der Waals surface area contributed by atoms with Crippen molar-refractivity contribution < 1.29 is 27.5 Å². The van der Waals surface area contributed by atoms with Crippen LogP contribution in [0.25, 0.3) is 0 Å². The number of halogens is 3. The van der Waals surface area contributed by atoms with Gasteiger partial charge < -0.3 is 15.4 Å². The van der Waals surface area contributed by atoms with Crippen molar-refractivity contribution in [3.05, 3.63) is 52.2 Å². The molecule has 0 radical (unpaired) electrons. The molecule has 5 nitrogen and oxygen atoms in total. The monoisotopic (exact) mass is 400 g/mol. The number of ether oxygens (including phenoxy) is 1. The summed E-state index contributed by atoms with van der Waals surface area (Å²) in [6, 6.07) is 9.63. The lowest BCUT2D eigenvalue weighted by atomic mass is 10.2. The van der Waals surface area contributed by atoms with Crippen LogP contribution in [-0.4, -0.2) is 31.1 Å². The number of thiophene rings is 1. The summed E-state index contributed by atoms with van der Waals surface area (Å²) in [4.78, 5) is 24.2. The van der Waals surface area contributed by atoms with Crippen LogP contribution in [0.5, 0.6) is 5.75 Å². The summed E-state index contributed by atoms with van der Waals surface area (Å²) < 4.78 is 41.2. The van der Waals surface area contributed by atoms with E-state index in [2.05, 4.69) is 15.4 Å². The van der Waals surface area contributed by atoms with Crippen molar-refractivity contribution in [2.75, 3.05) is 13.2 Å². The third kappa shape index (κ3) is 8.12. The summed E-state index contributed by atoms with van der Waals surface area (Å²) in [6.07, 6.45) is -3.68. The predicted octanol–water partition coefficient (Wildman–Crippen LogP) is 3.52. The number of carbonyl (C=O) groups excluding carboxylic acids is 2. The molecule has 0 aliphatic heterocycles. The second-order valence-electron chi connectivity index (χ2n) is 5.66. The zero-order valence-corrected chi connectivity index (χ0v) is 15.2. The molecule has 0 spiro atoms. The van der Waals surface area contributed by atoms with Gasteiger partial charge in [-0.2, -0.15) is 13.2 Å². The van der Waals surface area contributed by atoms with E-state index in [-0.39, 0.29) is 30.5 Å². The maximum absolute atomic E-state index is 12.2. The lowest BCUT2D eigenvalue weighted by Gasteiger charge is -2.11. The van der Waals surface area contributed by atoms with E-state index >= 15 is 0 Å². The van der Waals surface area contributed by atoms with Crippen LogP contribution in [-0.2, 0) is 11.3 Å². The third-order valence-electron chi connectivity index (χ3n) is 3.40. The van der Waals surface area contributed by atoms with Crippen LogP contribution >= 0.6 is 11.3 Å². The van der Waals surface area contributed by atoms with Crippen LogP contribution in [0, 0.1) is 0 Å². The van der Waals surface area contributed by atoms with E-state index in [4.69, 9.17) is 0 Å². The quantitative estimate of drug-likeness (QED) is 0.633. The SMILES string of the molecule is O=C(CCCNC(=O)c1cccs1)NCc1cccc(OCC(F)(F)F)c1. The van der Waals surface area contributed by atoms with Gasteiger partial charge >= 0.3 is 6.18 Å². The largest absolute Gasteiger partial charge is 0.484 e. The average molecular weight is 400 g/mol. The van der Waals surface area contributed by atoms with Crippen molar-refractivity contribution in [3.8, 4) is 5.75 Å². The van der Waals surface area contributed by atoms with Gasteiger partial charge in [0.15, 0.2) is 6.61 Å². The van der Waals surface area contributed by atoms with Gasteiger partial charge in [-0.15, -0.1) is 11.3 Å². The Morgan fingerprint density at radius 1 is 1.11 bits per heavy atom. The van der Waals surface area contributed by atoms with Gasteiger partial charge in [-0.1, -0.05) is 18.2 Å². The molecule has 2 amide bonds. The lowest BCUT2D eigenvalue weighted by molar-refractivity contribution is -0.153. The minimum atomic E-state index is -4.40. The maximum atomic E-state index is 12.2. The number of alkyl halides is 3. The Balaban J connectivity index is 1.65. The molecule has 0 saturated heterocycles. The van der Waals surface area contributed by atoms with Crippen LogP contribution in [0.2, 0.25) is 0 Å². The molecule has 0 unspecified atom stereocenters. The average Bonchev–Trinajstić information content (AvgIpc) is 3.16. The number of nitrogens with one attached hydrogen (secondary N) is 2. The Morgan fingerprint density at radius 2 is 1.93 bits per heavy atom. The van der Waals surface area contributed by atoms with E-state index in [1.807, 2.05) is 5.38 Å². The van der Waals surface area contributed by atoms with Gasteiger partial charge in [-0.3, -0.25) is 9.59 Å².